The van der Waals surface area contributed by atoms with Crippen molar-refractivity contribution in [3.63, 3.8) is 0 Å². The lowest BCUT2D eigenvalue weighted by Crippen LogP contribution is -2.25. The predicted molar refractivity (Wildman–Crippen MR) is 82.8 cm³/mol. The number of benzene rings is 1. The Balaban J connectivity index is 1.88. The molecule has 0 spiro atoms. The zero-order valence-corrected chi connectivity index (χ0v) is 12.4. The summed E-state index contributed by atoms with van der Waals surface area (Å²) < 4.78 is 0. The van der Waals surface area contributed by atoms with E-state index in [1.807, 2.05) is 6.07 Å². The summed E-state index contributed by atoms with van der Waals surface area (Å²) in [6, 6.07) is 10.5. The van der Waals surface area contributed by atoms with Crippen molar-refractivity contribution in [2.24, 2.45) is 5.73 Å². The second-order valence-corrected chi connectivity index (χ2v) is 6.06. The van der Waals surface area contributed by atoms with Crippen LogP contribution in [0.1, 0.15) is 11.1 Å². The molecule has 0 aliphatic heterocycles. The van der Waals surface area contributed by atoms with Gasteiger partial charge >= 0.3 is 0 Å². The molecule has 0 aliphatic rings. The Bertz CT molecular complexity index is 545. The first-order chi connectivity index (χ1) is 9.15. The first kappa shape index (κ1) is 14.4. The molecule has 2 rings (SSSR count). The SMILES string of the molecule is Cc1cccc(SCC(N)Cc2ccncc2Cl)c1. The Kier molecular flexibility index (Phi) is 5.25. The molecule has 100 valence electrons. The standard InChI is InChI=1S/C15H17ClN2S/c1-11-3-2-4-14(7-11)19-10-13(17)8-12-5-6-18-9-15(12)16/h2-7,9,13H,8,10,17H2,1H3. The van der Waals surface area contributed by atoms with Gasteiger partial charge in [-0.3, -0.25) is 4.98 Å². The number of hydrogen-bond acceptors (Lipinski definition) is 3. The summed E-state index contributed by atoms with van der Waals surface area (Å²) in [6.45, 7) is 2.10. The maximum Gasteiger partial charge on any atom is 0.0621 e. The van der Waals surface area contributed by atoms with E-state index in [0.717, 1.165) is 17.7 Å². The molecule has 2 nitrogen and oxygen atoms in total. The molecule has 1 aromatic carbocycles. The third-order valence-electron chi connectivity index (χ3n) is 2.79. The zero-order valence-electron chi connectivity index (χ0n) is 10.8. The monoisotopic (exact) mass is 292 g/mol. The van der Waals surface area contributed by atoms with Gasteiger partial charge in [0.1, 0.15) is 0 Å². The predicted octanol–water partition coefficient (Wildman–Crippen LogP) is 3.71. The van der Waals surface area contributed by atoms with Crippen molar-refractivity contribution >= 4 is 23.4 Å². The first-order valence-electron chi connectivity index (χ1n) is 6.18. The molecular formula is C15H17ClN2S. The number of aryl methyl sites for hydroxylation is 1. The number of thioether (sulfide) groups is 1. The van der Waals surface area contributed by atoms with E-state index in [2.05, 4.69) is 36.2 Å². The van der Waals surface area contributed by atoms with Crippen LogP contribution in [0.5, 0.6) is 0 Å². The number of aromatic nitrogens is 1. The lowest BCUT2D eigenvalue weighted by atomic mass is 10.1. The highest BCUT2D eigenvalue weighted by Crippen LogP contribution is 2.21. The maximum atomic E-state index is 6.16. The van der Waals surface area contributed by atoms with Crippen LogP contribution in [0.4, 0.5) is 0 Å². The Labute approximate surface area is 123 Å². The van der Waals surface area contributed by atoms with Gasteiger partial charge in [-0.05, 0) is 37.1 Å². The van der Waals surface area contributed by atoms with Gasteiger partial charge in [0, 0.05) is 29.1 Å². The van der Waals surface area contributed by atoms with Crippen molar-refractivity contribution in [3.8, 4) is 0 Å². The molecular weight excluding hydrogens is 276 g/mol. The highest BCUT2D eigenvalue weighted by atomic mass is 35.5. The molecule has 1 aromatic heterocycles. The molecule has 1 atom stereocenters. The van der Waals surface area contributed by atoms with E-state index in [0.29, 0.717) is 5.02 Å². The molecule has 0 radical (unpaired) electrons. The van der Waals surface area contributed by atoms with Crippen LogP contribution >= 0.6 is 23.4 Å². The maximum absolute atomic E-state index is 6.16. The van der Waals surface area contributed by atoms with Crippen molar-refractivity contribution in [1.29, 1.82) is 0 Å². The summed E-state index contributed by atoms with van der Waals surface area (Å²) >= 11 is 7.87. The fraction of sp³-hybridized carbons (Fsp3) is 0.267. The Morgan fingerprint density at radius 3 is 2.95 bits per heavy atom. The van der Waals surface area contributed by atoms with Crippen LogP contribution in [0.15, 0.2) is 47.6 Å². The van der Waals surface area contributed by atoms with E-state index in [4.69, 9.17) is 17.3 Å². The van der Waals surface area contributed by atoms with Crippen LogP contribution in [0.2, 0.25) is 5.02 Å². The smallest absolute Gasteiger partial charge is 0.0621 e. The molecule has 0 amide bonds. The summed E-state index contributed by atoms with van der Waals surface area (Å²) in [5.74, 6) is 0.877. The van der Waals surface area contributed by atoms with Crippen molar-refractivity contribution in [1.82, 2.24) is 4.98 Å². The van der Waals surface area contributed by atoms with Crippen molar-refractivity contribution in [2.75, 3.05) is 5.75 Å². The average Bonchev–Trinajstić information content (AvgIpc) is 2.39. The second kappa shape index (κ2) is 6.94. The van der Waals surface area contributed by atoms with Gasteiger partial charge in [-0.25, -0.2) is 0 Å². The largest absolute Gasteiger partial charge is 0.327 e. The molecule has 2 aromatic rings. The molecule has 4 heteroatoms. The van der Waals surface area contributed by atoms with Gasteiger partial charge in [-0.1, -0.05) is 29.3 Å². The fourth-order valence-electron chi connectivity index (χ4n) is 1.82. The van der Waals surface area contributed by atoms with E-state index in [1.165, 1.54) is 10.5 Å². The summed E-state index contributed by atoms with van der Waals surface area (Å²) in [5, 5.41) is 0.693. The molecule has 2 N–H and O–H groups in total. The summed E-state index contributed by atoms with van der Waals surface area (Å²) in [4.78, 5) is 5.24. The number of nitrogens with two attached hydrogens (primary N) is 1. The minimum absolute atomic E-state index is 0.0883. The van der Waals surface area contributed by atoms with Gasteiger partial charge in [0.05, 0.1) is 5.02 Å². The van der Waals surface area contributed by atoms with Gasteiger partial charge in [0.2, 0.25) is 0 Å². The molecule has 0 fully saturated rings. The summed E-state index contributed by atoms with van der Waals surface area (Å²) in [5.41, 5.74) is 8.50. The lowest BCUT2D eigenvalue weighted by molar-refractivity contribution is 0.748. The van der Waals surface area contributed by atoms with E-state index in [1.54, 1.807) is 24.2 Å². The molecule has 0 bridgehead atoms. The number of nitrogens with zero attached hydrogens (tertiary/aromatic N) is 1. The van der Waals surface area contributed by atoms with Gasteiger partial charge < -0.3 is 5.73 Å². The van der Waals surface area contributed by atoms with Gasteiger partial charge in [-0.15, -0.1) is 11.8 Å². The molecule has 0 saturated heterocycles. The topological polar surface area (TPSA) is 38.9 Å². The van der Waals surface area contributed by atoms with Crippen molar-refractivity contribution < 1.29 is 0 Å². The van der Waals surface area contributed by atoms with E-state index in [9.17, 15) is 0 Å². The Morgan fingerprint density at radius 1 is 1.37 bits per heavy atom. The van der Waals surface area contributed by atoms with Crippen LogP contribution in [0.25, 0.3) is 0 Å². The third kappa shape index (κ3) is 4.53. The van der Waals surface area contributed by atoms with E-state index in [-0.39, 0.29) is 6.04 Å². The Hall–Kier alpha value is -1.03. The highest BCUT2D eigenvalue weighted by molar-refractivity contribution is 7.99. The van der Waals surface area contributed by atoms with Gasteiger partial charge in [0.15, 0.2) is 0 Å². The molecule has 19 heavy (non-hydrogen) atoms. The highest BCUT2D eigenvalue weighted by Gasteiger charge is 2.08. The molecule has 1 heterocycles. The van der Waals surface area contributed by atoms with Crippen LogP contribution in [-0.4, -0.2) is 16.8 Å². The number of pyridine rings is 1. The van der Waals surface area contributed by atoms with E-state index < -0.39 is 0 Å². The molecule has 0 aliphatic carbocycles. The van der Waals surface area contributed by atoms with Crippen LogP contribution in [0, 0.1) is 6.92 Å². The van der Waals surface area contributed by atoms with Crippen LogP contribution in [0.3, 0.4) is 0 Å². The van der Waals surface area contributed by atoms with Gasteiger partial charge in [0.25, 0.3) is 0 Å². The third-order valence-corrected chi connectivity index (χ3v) is 4.31. The number of rotatable bonds is 5. The first-order valence-corrected chi connectivity index (χ1v) is 7.55. The minimum atomic E-state index is 0.0883. The van der Waals surface area contributed by atoms with E-state index >= 15 is 0 Å². The van der Waals surface area contributed by atoms with Gasteiger partial charge in [-0.2, -0.15) is 0 Å². The molecule has 1 unspecified atom stereocenters. The molecule has 0 saturated carbocycles. The zero-order chi connectivity index (χ0) is 13.7. The number of hydrogen-bond donors (Lipinski definition) is 1. The fourth-order valence-corrected chi connectivity index (χ4v) is 2.98. The normalized spacial score (nSPS) is 12.4. The lowest BCUT2D eigenvalue weighted by Gasteiger charge is -2.12. The Morgan fingerprint density at radius 2 is 2.21 bits per heavy atom. The number of halogens is 1. The summed E-state index contributed by atoms with van der Waals surface area (Å²) in [7, 11) is 0. The minimum Gasteiger partial charge on any atom is -0.327 e. The van der Waals surface area contributed by atoms with Crippen molar-refractivity contribution in [3.05, 3.63) is 58.9 Å². The second-order valence-electron chi connectivity index (χ2n) is 4.56. The average molecular weight is 293 g/mol. The summed E-state index contributed by atoms with van der Waals surface area (Å²) in [6.07, 6.45) is 4.19. The quantitative estimate of drug-likeness (QED) is 0.854. The van der Waals surface area contributed by atoms with Crippen LogP contribution in [-0.2, 0) is 6.42 Å². The van der Waals surface area contributed by atoms with Crippen LogP contribution < -0.4 is 5.73 Å². The van der Waals surface area contributed by atoms with Crippen molar-refractivity contribution in [2.45, 2.75) is 24.3 Å².